The van der Waals surface area contributed by atoms with Crippen LogP contribution in [0.1, 0.15) is 17.2 Å². The van der Waals surface area contributed by atoms with Gasteiger partial charge in [0.2, 0.25) is 0 Å². The van der Waals surface area contributed by atoms with Crippen molar-refractivity contribution in [2.45, 2.75) is 32.7 Å². The Hall–Kier alpha value is -1.13. The summed E-state index contributed by atoms with van der Waals surface area (Å²) in [7, 11) is -1.86. The molecule has 0 saturated heterocycles. The highest BCUT2D eigenvalue weighted by Crippen LogP contribution is 2.22. The predicted octanol–water partition coefficient (Wildman–Crippen LogP) is 2.97. The molecule has 1 rings (SSSR count). The second-order valence-corrected chi connectivity index (χ2v) is 9.32. The summed E-state index contributed by atoms with van der Waals surface area (Å²) in [5, 5.41) is 9.16. The fourth-order valence-electron chi connectivity index (χ4n) is 1.36. The second-order valence-electron chi connectivity index (χ2n) is 4.86. The molecule has 3 nitrogen and oxygen atoms in total. The molecule has 0 spiro atoms. The van der Waals surface area contributed by atoms with Gasteiger partial charge < -0.3 is 9.53 Å². The normalized spacial score (nSPS) is 13.5. The van der Waals surface area contributed by atoms with E-state index in [0.29, 0.717) is 5.56 Å². The molecule has 1 aromatic carbocycles. The van der Waals surface area contributed by atoms with Gasteiger partial charge in [0.25, 0.3) is 0 Å². The number of carboxylic acids is 1. The minimum Gasteiger partial charge on any atom is -0.479 e. The Kier molecular flexibility index (Phi) is 3.88. The highest BCUT2D eigenvalue weighted by molar-refractivity contribution is 6.69. The van der Waals surface area contributed by atoms with Crippen molar-refractivity contribution in [2.24, 2.45) is 0 Å². The van der Waals surface area contributed by atoms with Gasteiger partial charge in [-0.3, -0.25) is 0 Å². The Bertz CT molecular complexity index is 365. The maximum Gasteiger partial charge on any atom is 0.336 e. The summed E-state index contributed by atoms with van der Waals surface area (Å²) >= 11 is 0. The Morgan fingerprint density at radius 1 is 1.25 bits per heavy atom. The van der Waals surface area contributed by atoms with Gasteiger partial charge in [0.05, 0.1) is 0 Å². The fraction of sp³-hybridized carbons (Fsp3) is 0.417. The Morgan fingerprint density at radius 2 is 1.75 bits per heavy atom. The average Bonchev–Trinajstić information content (AvgIpc) is 2.14. The Balaban J connectivity index is 2.94. The van der Waals surface area contributed by atoms with Crippen molar-refractivity contribution in [1.82, 2.24) is 0 Å². The predicted molar refractivity (Wildman–Crippen MR) is 66.0 cm³/mol. The van der Waals surface area contributed by atoms with Crippen LogP contribution in [0, 0.1) is 6.92 Å². The molecule has 0 heterocycles. The van der Waals surface area contributed by atoms with Gasteiger partial charge in [0.15, 0.2) is 14.4 Å². The summed E-state index contributed by atoms with van der Waals surface area (Å²) in [4.78, 5) is 11.2. The first-order valence-corrected chi connectivity index (χ1v) is 8.67. The van der Waals surface area contributed by atoms with Gasteiger partial charge in [-0.05, 0) is 32.1 Å². The molecular weight excluding hydrogens is 220 g/mol. The van der Waals surface area contributed by atoms with E-state index in [-0.39, 0.29) is 0 Å². The number of aryl methyl sites for hydroxylation is 1. The van der Waals surface area contributed by atoms with E-state index in [1.807, 2.05) is 50.8 Å². The molecule has 0 aliphatic carbocycles. The molecule has 4 heteroatoms. The molecule has 1 N–H and O–H groups in total. The molecule has 0 fully saturated rings. The zero-order valence-corrected chi connectivity index (χ0v) is 11.2. The molecule has 0 radical (unpaired) electrons. The van der Waals surface area contributed by atoms with Crippen molar-refractivity contribution >= 4 is 14.3 Å². The molecule has 1 aromatic rings. The first kappa shape index (κ1) is 12.9. The monoisotopic (exact) mass is 238 g/mol. The van der Waals surface area contributed by atoms with Crippen LogP contribution in [-0.2, 0) is 9.22 Å². The Morgan fingerprint density at radius 3 is 2.12 bits per heavy atom. The first-order chi connectivity index (χ1) is 7.29. The highest BCUT2D eigenvalue weighted by Gasteiger charge is 2.27. The van der Waals surface area contributed by atoms with Crippen LogP contribution in [0.2, 0.25) is 19.6 Å². The number of aliphatic carboxylic acids is 1. The van der Waals surface area contributed by atoms with Gasteiger partial charge >= 0.3 is 5.97 Å². The SMILES string of the molecule is Cc1ccc(C(O[Si](C)(C)C)C(=O)O)cc1. The number of benzene rings is 1. The molecule has 0 bridgehead atoms. The summed E-state index contributed by atoms with van der Waals surface area (Å²) in [5.41, 5.74) is 1.82. The van der Waals surface area contributed by atoms with E-state index in [4.69, 9.17) is 9.53 Å². The van der Waals surface area contributed by atoms with Crippen molar-refractivity contribution in [3.63, 3.8) is 0 Å². The molecule has 1 unspecified atom stereocenters. The molecule has 0 amide bonds. The van der Waals surface area contributed by atoms with Crippen LogP contribution in [0.25, 0.3) is 0 Å². The van der Waals surface area contributed by atoms with Gasteiger partial charge in [-0.2, -0.15) is 0 Å². The Labute approximate surface area is 97.2 Å². The third-order valence-corrected chi connectivity index (χ3v) is 3.02. The molecule has 0 aliphatic rings. The fourth-order valence-corrected chi connectivity index (χ4v) is 2.30. The smallest absolute Gasteiger partial charge is 0.336 e. The number of hydrogen-bond acceptors (Lipinski definition) is 2. The summed E-state index contributed by atoms with van der Waals surface area (Å²) in [5.74, 6) is -0.925. The third kappa shape index (κ3) is 3.79. The van der Waals surface area contributed by atoms with Crippen LogP contribution in [0.15, 0.2) is 24.3 Å². The van der Waals surface area contributed by atoms with E-state index in [9.17, 15) is 4.79 Å². The van der Waals surface area contributed by atoms with Crippen LogP contribution in [0.5, 0.6) is 0 Å². The lowest BCUT2D eigenvalue weighted by Crippen LogP contribution is -2.31. The molecule has 1 atom stereocenters. The standard InChI is InChI=1S/C12H18O3Si/c1-9-5-7-10(8-6-9)11(12(13)14)15-16(2,3)4/h5-8,11H,1-4H3,(H,13,14). The van der Waals surface area contributed by atoms with Crippen LogP contribution in [0.3, 0.4) is 0 Å². The van der Waals surface area contributed by atoms with E-state index in [1.165, 1.54) is 0 Å². The molecule has 88 valence electrons. The maximum absolute atomic E-state index is 11.2. The van der Waals surface area contributed by atoms with Crippen molar-refractivity contribution in [2.75, 3.05) is 0 Å². The minimum absolute atomic E-state index is 0.709. The van der Waals surface area contributed by atoms with Gasteiger partial charge in [0.1, 0.15) is 0 Å². The summed E-state index contributed by atoms with van der Waals surface area (Å²) in [6.07, 6.45) is -0.840. The zero-order chi connectivity index (χ0) is 12.3. The van der Waals surface area contributed by atoms with E-state index >= 15 is 0 Å². The maximum atomic E-state index is 11.2. The van der Waals surface area contributed by atoms with Crippen LogP contribution in [-0.4, -0.2) is 19.4 Å². The zero-order valence-electron chi connectivity index (χ0n) is 10.2. The summed E-state index contributed by atoms with van der Waals surface area (Å²) < 4.78 is 5.66. The average molecular weight is 238 g/mol. The van der Waals surface area contributed by atoms with Crippen LogP contribution >= 0.6 is 0 Å². The topological polar surface area (TPSA) is 46.5 Å². The van der Waals surface area contributed by atoms with Gasteiger partial charge in [0, 0.05) is 0 Å². The number of hydrogen-bond donors (Lipinski definition) is 1. The molecular formula is C12H18O3Si. The number of rotatable bonds is 4. The first-order valence-electron chi connectivity index (χ1n) is 5.27. The summed E-state index contributed by atoms with van der Waals surface area (Å²) in [6.45, 7) is 7.92. The molecule has 0 aromatic heterocycles. The van der Waals surface area contributed by atoms with Crippen molar-refractivity contribution in [3.05, 3.63) is 35.4 Å². The van der Waals surface area contributed by atoms with E-state index in [2.05, 4.69) is 0 Å². The van der Waals surface area contributed by atoms with E-state index in [0.717, 1.165) is 5.56 Å². The lowest BCUT2D eigenvalue weighted by Gasteiger charge is -2.23. The van der Waals surface area contributed by atoms with Crippen molar-refractivity contribution in [1.29, 1.82) is 0 Å². The lowest BCUT2D eigenvalue weighted by atomic mass is 10.1. The second kappa shape index (κ2) is 4.80. The van der Waals surface area contributed by atoms with E-state index in [1.54, 1.807) is 0 Å². The lowest BCUT2D eigenvalue weighted by molar-refractivity contribution is -0.145. The van der Waals surface area contributed by atoms with Crippen LogP contribution < -0.4 is 0 Å². The summed E-state index contributed by atoms with van der Waals surface area (Å²) in [6, 6.07) is 7.43. The highest BCUT2D eigenvalue weighted by atomic mass is 28.4. The third-order valence-electron chi connectivity index (χ3n) is 2.08. The van der Waals surface area contributed by atoms with Gasteiger partial charge in [-0.25, -0.2) is 4.79 Å². The van der Waals surface area contributed by atoms with Gasteiger partial charge in [-0.1, -0.05) is 29.8 Å². The minimum atomic E-state index is -1.86. The van der Waals surface area contributed by atoms with E-state index < -0.39 is 20.4 Å². The van der Waals surface area contributed by atoms with Gasteiger partial charge in [-0.15, -0.1) is 0 Å². The largest absolute Gasteiger partial charge is 0.479 e. The number of carboxylic acid groups (broad SMARTS) is 1. The quantitative estimate of drug-likeness (QED) is 0.820. The van der Waals surface area contributed by atoms with Crippen molar-refractivity contribution < 1.29 is 14.3 Å². The number of carbonyl (C=O) groups is 1. The van der Waals surface area contributed by atoms with Crippen molar-refractivity contribution in [3.8, 4) is 0 Å². The molecule has 16 heavy (non-hydrogen) atoms. The molecule has 0 aliphatic heterocycles. The van der Waals surface area contributed by atoms with Crippen LogP contribution in [0.4, 0.5) is 0 Å². The molecule has 0 saturated carbocycles.